The van der Waals surface area contributed by atoms with Gasteiger partial charge in [0.2, 0.25) is 0 Å². The summed E-state index contributed by atoms with van der Waals surface area (Å²) in [4.78, 5) is 4.85. The summed E-state index contributed by atoms with van der Waals surface area (Å²) < 4.78 is 13.7. The lowest BCUT2D eigenvalue weighted by Gasteiger charge is -2.33. The molecule has 16 rings (SSSR count). The molecule has 2 aliphatic carbocycles. The van der Waals surface area contributed by atoms with E-state index < -0.39 is 13.5 Å². The van der Waals surface area contributed by atoms with Crippen molar-refractivity contribution < 1.29 is 8.83 Å². The summed E-state index contributed by atoms with van der Waals surface area (Å²) in [6.07, 6.45) is 0. The molecule has 0 unspecified atom stereocenters. The van der Waals surface area contributed by atoms with E-state index in [-0.39, 0.29) is 0 Å². The van der Waals surface area contributed by atoms with E-state index in [1.807, 2.05) is 0 Å². The molecule has 12 aromatic carbocycles. The van der Waals surface area contributed by atoms with Crippen LogP contribution < -0.4 is 15.0 Å². The predicted octanol–water partition coefficient (Wildman–Crippen LogP) is 19.9. The van der Waals surface area contributed by atoms with E-state index in [1.165, 1.54) is 76.8 Å². The highest BCUT2D eigenvalue weighted by atomic mass is 28.3. The van der Waals surface area contributed by atoms with Gasteiger partial charge >= 0.3 is 0 Å². The number of rotatable bonds is 7. The maximum atomic E-state index is 6.90. The van der Waals surface area contributed by atoms with Crippen molar-refractivity contribution in [1.29, 1.82) is 0 Å². The Labute approximate surface area is 453 Å². The first-order valence-corrected chi connectivity index (χ1v) is 30.6. The molecule has 0 bridgehead atoms. The van der Waals surface area contributed by atoms with Gasteiger partial charge in [-0.2, -0.15) is 0 Å². The quantitative estimate of drug-likeness (QED) is 0.149. The van der Waals surface area contributed by atoms with Crippen LogP contribution in [0.3, 0.4) is 0 Å². The molecule has 0 saturated carbocycles. The van der Waals surface area contributed by atoms with Crippen LogP contribution in [0.1, 0.15) is 27.8 Å². The maximum absolute atomic E-state index is 6.90. The van der Waals surface area contributed by atoms with Crippen molar-refractivity contribution in [2.75, 3.05) is 9.80 Å². The third-order valence-electron chi connectivity index (χ3n) is 17.0. The van der Waals surface area contributed by atoms with Gasteiger partial charge in [-0.1, -0.05) is 194 Å². The van der Waals surface area contributed by atoms with Crippen LogP contribution in [0, 0.1) is 6.92 Å². The number of hydrogen-bond acceptors (Lipinski definition) is 4. The molecule has 78 heavy (non-hydrogen) atoms. The van der Waals surface area contributed by atoms with Crippen LogP contribution in [-0.2, 0) is 5.41 Å². The second kappa shape index (κ2) is 16.5. The highest BCUT2D eigenvalue weighted by molar-refractivity contribution is 6.88. The van der Waals surface area contributed by atoms with Crippen LogP contribution in [0.4, 0.5) is 34.1 Å². The summed E-state index contributed by atoms with van der Waals surface area (Å²) in [5.74, 6) is 0. The van der Waals surface area contributed by atoms with Gasteiger partial charge in [0.05, 0.1) is 30.6 Å². The van der Waals surface area contributed by atoms with Gasteiger partial charge in [0, 0.05) is 44.0 Å². The summed E-state index contributed by atoms with van der Waals surface area (Å²) in [6.45, 7) is 9.39. The van der Waals surface area contributed by atoms with Crippen LogP contribution in [-0.4, -0.2) is 8.07 Å². The molecule has 2 aromatic heterocycles. The van der Waals surface area contributed by atoms with Crippen LogP contribution in [0.25, 0.3) is 87.7 Å². The van der Waals surface area contributed by atoms with E-state index in [4.69, 9.17) is 8.83 Å². The van der Waals surface area contributed by atoms with Crippen molar-refractivity contribution in [2.24, 2.45) is 0 Å². The van der Waals surface area contributed by atoms with Crippen LogP contribution in [0.5, 0.6) is 0 Å². The van der Waals surface area contributed by atoms with Crippen molar-refractivity contribution in [3.05, 3.63) is 270 Å². The molecule has 0 aliphatic heterocycles. The first-order valence-electron chi connectivity index (χ1n) is 27.1. The molecular formula is C73H52N2O2Si. The van der Waals surface area contributed by atoms with E-state index in [0.29, 0.717) is 0 Å². The van der Waals surface area contributed by atoms with Gasteiger partial charge in [0.25, 0.3) is 0 Å². The minimum absolute atomic E-state index is 0.655. The summed E-state index contributed by atoms with van der Waals surface area (Å²) in [6, 6.07) is 90.1. The molecular weight excluding hydrogens is 965 g/mol. The zero-order valence-electron chi connectivity index (χ0n) is 43.8. The van der Waals surface area contributed by atoms with Crippen molar-refractivity contribution in [3.63, 3.8) is 0 Å². The van der Waals surface area contributed by atoms with E-state index in [0.717, 1.165) is 78.0 Å². The summed E-state index contributed by atoms with van der Waals surface area (Å²) in [5, 5.41) is 10.6. The SMILES string of the molecule is Cc1ccc(N(c2cc3c(c4ccccc24)-c2cc4ccc(N(c5ccc([Si](C)(C)C)cc5)c5cccc6c5oc5ccccc56)cc4cc2C32c3ccccc3-c3ccccc32)c2cccc3c2oc2ccccc23)cc1. The molecule has 2 aliphatic rings. The predicted molar refractivity (Wildman–Crippen MR) is 329 cm³/mol. The van der Waals surface area contributed by atoms with E-state index in [2.05, 4.69) is 279 Å². The molecule has 0 amide bonds. The fourth-order valence-corrected chi connectivity index (χ4v) is 14.7. The summed E-state index contributed by atoms with van der Waals surface area (Å²) in [7, 11) is -1.58. The van der Waals surface area contributed by atoms with Crippen LogP contribution >= 0.6 is 0 Å². The lowest BCUT2D eigenvalue weighted by Crippen LogP contribution is -2.37. The monoisotopic (exact) mass is 1020 g/mol. The maximum Gasteiger partial charge on any atom is 0.159 e. The van der Waals surface area contributed by atoms with Crippen LogP contribution in [0.2, 0.25) is 19.6 Å². The number of hydrogen-bond donors (Lipinski definition) is 0. The van der Waals surface area contributed by atoms with Gasteiger partial charge in [-0.05, 0) is 146 Å². The Balaban J connectivity index is 0.977. The smallest absolute Gasteiger partial charge is 0.159 e. The van der Waals surface area contributed by atoms with Crippen molar-refractivity contribution >= 4 is 113 Å². The largest absolute Gasteiger partial charge is 0.454 e. The molecule has 14 aromatic rings. The molecule has 0 N–H and O–H groups in total. The number of nitrogens with zero attached hydrogens (tertiary/aromatic N) is 2. The van der Waals surface area contributed by atoms with E-state index in [1.54, 1.807) is 0 Å². The lowest BCUT2D eigenvalue weighted by molar-refractivity contribution is 0.668. The number of anilines is 6. The zero-order chi connectivity index (χ0) is 52.0. The number of para-hydroxylation sites is 4. The fraction of sp³-hybridized carbons (Fsp3) is 0.0685. The Morgan fingerprint density at radius 3 is 1.49 bits per heavy atom. The number of fused-ring (bicyclic) bond motifs is 19. The molecule has 0 fully saturated rings. The lowest BCUT2D eigenvalue weighted by atomic mass is 9.70. The van der Waals surface area contributed by atoms with E-state index in [9.17, 15) is 0 Å². The first-order chi connectivity index (χ1) is 38.2. The fourth-order valence-electron chi connectivity index (χ4n) is 13.5. The van der Waals surface area contributed by atoms with Gasteiger partial charge in [-0.3, -0.25) is 0 Å². The molecule has 0 saturated heterocycles. The highest BCUT2D eigenvalue weighted by Gasteiger charge is 2.52. The average molecular weight is 1020 g/mol. The van der Waals surface area contributed by atoms with Crippen molar-refractivity contribution in [1.82, 2.24) is 0 Å². The van der Waals surface area contributed by atoms with Gasteiger partial charge < -0.3 is 18.6 Å². The van der Waals surface area contributed by atoms with Gasteiger partial charge in [0.1, 0.15) is 11.2 Å². The second-order valence-corrected chi connectivity index (χ2v) is 27.5. The number of furan rings is 2. The van der Waals surface area contributed by atoms with Gasteiger partial charge in [-0.25, -0.2) is 0 Å². The minimum Gasteiger partial charge on any atom is -0.454 e. The topological polar surface area (TPSA) is 32.8 Å². The zero-order valence-corrected chi connectivity index (χ0v) is 44.8. The number of benzene rings is 12. The molecule has 5 heteroatoms. The minimum atomic E-state index is -1.58. The summed E-state index contributed by atoms with van der Waals surface area (Å²) >= 11 is 0. The van der Waals surface area contributed by atoms with E-state index >= 15 is 0 Å². The highest BCUT2D eigenvalue weighted by Crippen LogP contribution is 2.65. The second-order valence-electron chi connectivity index (χ2n) is 22.4. The van der Waals surface area contributed by atoms with Gasteiger partial charge in [-0.15, -0.1) is 0 Å². The Morgan fingerprint density at radius 1 is 0.346 bits per heavy atom. The molecule has 0 atom stereocenters. The Bertz CT molecular complexity index is 4760. The average Bonchev–Trinajstić information content (AvgIpc) is 2.47. The van der Waals surface area contributed by atoms with Crippen molar-refractivity contribution in [3.8, 4) is 22.3 Å². The Hall–Kier alpha value is -9.42. The molecule has 4 nitrogen and oxygen atoms in total. The first kappa shape index (κ1) is 44.8. The molecule has 2 heterocycles. The third-order valence-corrected chi connectivity index (χ3v) is 19.1. The van der Waals surface area contributed by atoms with Crippen molar-refractivity contribution in [2.45, 2.75) is 32.0 Å². The Morgan fingerprint density at radius 2 is 0.859 bits per heavy atom. The third kappa shape index (κ3) is 6.34. The van der Waals surface area contributed by atoms with Gasteiger partial charge in [0.15, 0.2) is 11.2 Å². The molecule has 1 spiro atoms. The summed E-state index contributed by atoms with van der Waals surface area (Å²) in [5.41, 5.74) is 20.6. The Kier molecular flexibility index (Phi) is 9.51. The molecule has 370 valence electrons. The molecule has 0 radical (unpaired) electrons. The number of aryl methyl sites for hydroxylation is 1. The normalized spacial score (nSPS) is 13.2. The standard InChI is InChI=1S/C73H52N2O2Si/c1-45-31-34-49(35-32-45)75(66-28-16-24-59-56-21-10-14-30-69(56)77-72(59)66)67-44-64-70(57-22-6-5-19-54(57)67)60-42-46-33-36-50(41-47(46)43-63(60)73(64)61-25-11-7-17-52(61)53-18-8-12-26-62(53)73)74(48-37-39-51(40-38-48)78(2,3)4)65-27-15-23-58-55-20-9-13-29-68(55)76-71(58)65/h5-44H,1-4H3. The van der Waals surface area contributed by atoms with Crippen LogP contribution in [0.15, 0.2) is 251 Å².